The maximum Gasteiger partial charge on any atom is 0.269 e. The molecule has 0 radical (unpaired) electrons. The zero-order valence-electron chi connectivity index (χ0n) is 16.9. The van der Waals surface area contributed by atoms with Crippen molar-refractivity contribution in [2.24, 2.45) is 11.3 Å². The maximum atomic E-state index is 12.6. The number of nitro groups is 1. The van der Waals surface area contributed by atoms with Crippen molar-refractivity contribution >= 4 is 33.2 Å². The highest BCUT2D eigenvalue weighted by Gasteiger charge is 2.47. The quantitative estimate of drug-likeness (QED) is 0.485. The average Bonchev–Trinajstić information content (AvgIpc) is 3.21. The zero-order chi connectivity index (χ0) is 21.5. The summed E-state index contributed by atoms with van der Waals surface area (Å²) in [5.41, 5.74) is 2.13. The molecule has 0 spiro atoms. The molecule has 2 aliphatic rings. The molecule has 2 N–H and O–H groups in total. The number of rotatable bonds is 5. The third-order valence-electron chi connectivity index (χ3n) is 6.08. The first-order valence-corrected chi connectivity index (χ1v) is 10.8. The van der Waals surface area contributed by atoms with Gasteiger partial charge in [-0.25, -0.2) is 0 Å². The molecule has 158 valence electrons. The fourth-order valence-electron chi connectivity index (χ4n) is 4.47. The highest BCUT2D eigenvalue weighted by atomic mass is 79.9. The number of ether oxygens (including phenoxy) is 1. The molecule has 0 saturated carbocycles. The first-order valence-electron chi connectivity index (χ1n) is 9.96. The van der Waals surface area contributed by atoms with Crippen LogP contribution in [0.15, 0.2) is 46.9 Å². The molecule has 2 aromatic carbocycles. The lowest BCUT2D eigenvalue weighted by Gasteiger charge is -2.44. The van der Waals surface area contributed by atoms with Crippen LogP contribution in [0.1, 0.15) is 42.3 Å². The van der Waals surface area contributed by atoms with Gasteiger partial charge < -0.3 is 15.4 Å². The summed E-state index contributed by atoms with van der Waals surface area (Å²) >= 11 is 3.38. The molecule has 8 heteroatoms. The van der Waals surface area contributed by atoms with Crippen LogP contribution in [0.3, 0.4) is 0 Å². The molecule has 2 aromatic rings. The van der Waals surface area contributed by atoms with Gasteiger partial charge in [-0.2, -0.15) is 0 Å². The van der Waals surface area contributed by atoms with E-state index in [0.717, 1.165) is 22.1 Å². The second-order valence-electron chi connectivity index (χ2n) is 8.57. The monoisotopic (exact) mass is 473 g/mol. The van der Waals surface area contributed by atoms with Gasteiger partial charge in [0.25, 0.3) is 11.6 Å². The number of nitrogens with zero attached hydrogens (tertiary/aromatic N) is 1. The van der Waals surface area contributed by atoms with Crippen molar-refractivity contribution in [2.75, 3.05) is 18.5 Å². The Morgan fingerprint density at radius 2 is 2.03 bits per heavy atom. The Hall–Kier alpha value is -2.45. The topological polar surface area (TPSA) is 93.5 Å². The van der Waals surface area contributed by atoms with E-state index in [4.69, 9.17) is 4.74 Å². The molecule has 0 unspecified atom stereocenters. The van der Waals surface area contributed by atoms with Gasteiger partial charge in [-0.1, -0.05) is 29.8 Å². The molecule has 0 aliphatic carbocycles. The van der Waals surface area contributed by atoms with E-state index in [-0.39, 0.29) is 40.0 Å². The number of hydrogen-bond acceptors (Lipinski definition) is 5. The average molecular weight is 474 g/mol. The third kappa shape index (κ3) is 3.94. The lowest BCUT2D eigenvalue weighted by molar-refractivity contribution is -0.385. The number of anilines is 1. The van der Waals surface area contributed by atoms with Gasteiger partial charge in [-0.05, 0) is 36.8 Å². The van der Waals surface area contributed by atoms with Crippen molar-refractivity contribution in [3.05, 3.63) is 68.2 Å². The van der Waals surface area contributed by atoms with Crippen LogP contribution < -0.4 is 10.6 Å². The molecule has 2 aliphatic heterocycles. The number of amides is 1. The summed E-state index contributed by atoms with van der Waals surface area (Å²) in [4.78, 5) is 23.4. The number of hydrogen-bond donors (Lipinski definition) is 2. The lowest BCUT2D eigenvalue weighted by atomic mass is 9.71. The molecular formula is C22H24BrN3O4. The van der Waals surface area contributed by atoms with Crippen LogP contribution in [0, 0.1) is 21.4 Å². The van der Waals surface area contributed by atoms with Gasteiger partial charge in [0.15, 0.2) is 0 Å². The van der Waals surface area contributed by atoms with Crippen molar-refractivity contribution in [1.82, 2.24) is 5.32 Å². The van der Waals surface area contributed by atoms with Crippen LogP contribution in [0.5, 0.6) is 0 Å². The molecule has 1 amide bonds. The van der Waals surface area contributed by atoms with Gasteiger partial charge in [0, 0.05) is 63.9 Å². The van der Waals surface area contributed by atoms with Crippen LogP contribution in [0.25, 0.3) is 0 Å². The van der Waals surface area contributed by atoms with E-state index in [1.807, 2.05) is 12.1 Å². The Bertz CT molecular complexity index is 977. The number of nitrogens with one attached hydrogen (secondary N) is 2. The van der Waals surface area contributed by atoms with Crippen LogP contribution >= 0.6 is 15.9 Å². The molecule has 30 heavy (non-hydrogen) atoms. The van der Waals surface area contributed by atoms with Gasteiger partial charge in [-0.15, -0.1) is 0 Å². The summed E-state index contributed by atoms with van der Waals surface area (Å²) in [5, 5.41) is 17.8. The summed E-state index contributed by atoms with van der Waals surface area (Å²) in [6.45, 7) is 5.36. The second-order valence-corrected chi connectivity index (χ2v) is 9.49. The molecule has 1 saturated heterocycles. The summed E-state index contributed by atoms with van der Waals surface area (Å²) in [6.07, 6.45) is 0.696. The molecule has 4 rings (SSSR count). The standard InChI is InChI=1S/C22H24BrN3O4/c1-22(2,12-24-21(27)13-3-5-14(23)6-4-13)20-16-9-10-30-19(16)17-11-15(26(28)29)7-8-18(17)25-20/h3-8,11,16,19-20,25H,9-10,12H2,1-2H3,(H,24,27)/t16-,19-,20-/m1/s1. The van der Waals surface area contributed by atoms with Gasteiger partial charge >= 0.3 is 0 Å². The smallest absolute Gasteiger partial charge is 0.269 e. The highest BCUT2D eigenvalue weighted by molar-refractivity contribution is 9.10. The molecule has 1 fully saturated rings. The maximum absolute atomic E-state index is 12.6. The van der Waals surface area contributed by atoms with E-state index >= 15 is 0 Å². The van der Waals surface area contributed by atoms with Crippen LogP contribution in [0.4, 0.5) is 11.4 Å². The van der Waals surface area contributed by atoms with Crippen LogP contribution in [-0.4, -0.2) is 30.0 Å². The minimum Gasteiger partial charge on any atom is -0.381 e. The summed E-state index contributed by atoms with van der Waals surface area (Å²) in [5.74, 6) is 0.0701. The molecule has 0 aromatic heterocycles. The Balaban J connectivity index is 1.53. The lowest BCUT2D eigenvalue weighted by Crippen LogP contribution is -2.51. The Morgan fingerprint density at radius 3 is 2.73 bits per heavy atom. The van der Waals surface area contributed by atoms with E-state index in [0.29, 0.717) is 18.7 Å². The normalized spacial score (nSPS) is 22.6. The number of carbonyl (C=O) groups is 1. The van der Waals surface area contributed by atoms with E-state index < -0.39 is 0 Å². The Morgan fingerprint density at radius 1 is 1.30 bits per heavy atom. The van der Waals surface area contributed by atoms with Crippen molar-refractivity contribution in [1.29, 1.82) is 0 Å². The van der Waals surface area contributed by atoms with E-state index in [1.165, 1.54) is 6.07 Å². The van der Waals surface area contributed by atoms with Crippen LogP contribution in [-0.2, 0) is 4.74 Å². The van der Waals surface area contributed by atoms with Crippen molar-refractivity contribution in [3.63, 3.8) is 0 Å². The molecule has 2 heterocycles. The van der Waals surface area contributed by atoms with Gasteiger partial charge in [0.2, 0.25) is 0 Å². The number of nitro benzene ring substituents is 1. The molecule has 7 nitrogen and oxygen atoms in total. The fourth-order valence-corrected chi connectivity index (χ4v) is 4.73. The third-order valence-corrected chi connectivity index (χ3v) is 6.61. The number of carbonyl (C=O) groups excluding carboxylic acids is 1. The second kappa shape index (κ2) is 8.00. The largest absolute Gasteiger partial charge is 0.381 e. The van der Waals surface area contributed by atoms with Crippen molar-refractivity contribution in [2.45, 2.75) is 32.4 Å². The number of halogens is 1. The van der Waals surface area contributed by atoms with Gasteiger partial charge in [0.1, 0.15) is 0 Å². The summed E-state index contributed by atoms with van der Waals surface area (Å²) in [7, 11) is 0. The first-order chi connectivity index (χ1) is 14.3. The van der Waals surface area contributed by atoms with Crippen molar-refractivity contribution < 1.29 is 14.5 Å². The van der Waals surface area contributed by atoms with E-state index in [9.17, 15) is 14.9 Å². The molecule has 0 bridgehead atoms. The number of benzene rings is 2. The predicted octanol–water partition coefficient (Wildman–Crippen LogP) is 4.69. The Kier molecular flexibility index (Phi) is 5.55. The summed E-state index contributed by atoms with van der Waals surface area (Å²) < 4.78 is 6.92. The number of fused-ring (bicyclic) bond motifs is 3. The van der Waals surface area contributed by atoms with E-state index in [1.54, 1.807) is 24.3 Å². The Labute approximate surface area is 183 Å². The fraction of sp³-hybridized carbons (Fsp3) is 0.409. The van der Waals surface area contributed by atoms with Gasteiger partial charge in [0.05, 0.1) is 11.0 Å². The first kappa shape index (κ1) is 20.8. The predicted molar refractivity (Wildman–Crippen MR) is 118 cm³/mol. The molecule has 3 atom stereocenters. The zero-order valence-corrected chi connectivity index (χ0v) is 18.4. The van der Waals surface area contributed by atoms with Crippen LogP contribution in [0.2, 0.25) is 0 Å². The van der Waals surface area contributed by atoms with Crippen molar-refractivity contribution in [3.8, 4) is 0 Å². The SMILES string of the molecule is CC(C)(CNC(=O)c1ccc(Br)cc1)[C@@H]1Nc2ccc([N+](=O)[O-])cc2[C@@H]2OCC[C@@H]12. The minimum atomic E-state index is -0.377. The highest BCUT2D eigenvalue weighted by Crippen LogP contribution is 2.49. The number of non-ortho nitro benzene ring substituents is 1. The minimum absolute atomic E-state index is 0.0594. The van der Waals surface area contributed by atoms with Gasteiger partial charge in [-0.3, -0.25) is 14.9 Å². The van der Waals surface area contributed by atoms with E-state index in [2.05, 4.69) is 40.4 Å². The molecular weight excluding hydrogens is 450 g/mol. The summed E-state index contributed by atoms with van der Waals surface area (Å²) in [6, 6.07) is 12.2.